The van der Waals surface area contributed by atoms with Gasteiger partial charge >= 0.3 is 0 Å². The summed E-state index contributed by atoms with van der Waals surface area (Å²) in [5.74, 6) is 2.06. The van der Waals surface area contributed by atoms with Gasteiger partial charge in [-0.15, -0.1) is 0 Å². The Morgan fingerprint density at radius 1 is 1.40 bits per heavy atom. The molecule has 1 saturated carbocycles. The summed E-state index contributed by atoms with van der Waals surface area (Å²) in [5, 5.41) is 3.79. The second kappa shape index (κ2) is 5.49. The van der Waals surface area contributed by atoms with Crippen LogP contribution in [0, 0.1) is 12.8 Å². The lowest BCUT2D eigenvalue weighted by molar-refractivity contribution is 0.0696. The van der Waals surface area contributed by atoms with Crippen LogP contribution in [0.5, 0.6) is 0 Å². The normalized spacial score (nSPS) is 31.6. The Hall–Kier alpha value is -0.870. The molecule has 2 unspecified atom stereocenters. The average molecular weight is 276 g/mol. The first-order valence-corrected chi connectivity index (χ1v) is 8.08. The Bertz CT molecular complexity index is 451. The first kappa shape index (κ1) is 14.1. The van der Waals surface area contributed by atoms with E-state index in [0.717, 1.165) is 37.4 Å². The minimum atomic E-state index is 0.287. The minimum absolute atomic E-state index is 0.287. The van der Waals surface area contributed by atoms with Crippen LogP contribution in [0.2, 0.25) is 0 Å². The van der Waals surface area contributed by atoms with Gasteiger partial charge in [0.15, 0.2) is 0 Å². The third-order valence-electron chi connectivity index (χ3n) is 5.26. The number of aromatic nitrogens is 2. The molecule has 0 spiro atoms. The largest absolute Gasteiger partial charge is 0.334 e. The number of piperazine rings is 1. The van der Waals surface area contributed by atoms with Crippen LogP contribution < -0.4 is 5.32 Å². The van der Waals surface area contributed by atoms with Gasteiger partial charge in [-0.05, 0) is 39.0 Å². The van der Waals surface area contributed by atoms with Gasteiger partial charge in [-0.2, -0.15) is 0 Å². The first-order valence-electron chi connectivity index (χ1n) is 8.08. The lowest BCUT2D eigenvalue weighted by Crippen LogP contribution is -2.63. The highest BCUT2D eigenvalue weighted by atomic mass is 15.3. The highest BCUT2D eigenvalue weighted by Crippen LogP contribution is 2.37. The van der Waals surface area contributed by atoms with Crippen LogP contribution in [-0.2, 0) is 6.54 Å². The van der Waals surface area contributed by atoms with E-state index in [2.05, 4.69) is 46.7 Å². The molecule has 2 heterocycles. The number of aryl methyl sites for hydroxylation is 1. The van der Waals surface area contributed by atoms with E-state index in [1.165, 1.54) is 25.8 Å². The molecule has 0 radical (unpaired) electrons. The molecule has 4 heteroatoms. The molecule has 0 aromatic carbocycles. The van der Waals surface area contributed by atoms with Crippen molar-refractivity contribution in [3.63, 3.8) is 0 Å². The lowest BCUT2D eigenvalue weighted by atomic mass is 9.92. The maximum Gasteiger partial charge on any atom is 0.105 e. The van der Waals surface area contributed by atoms with Crippen molar-refractivity contribution in [1.82, 2.24) is 19.8 Å². The molecule has 1 N–H and O–H groups in total. The summed E-state index contributed by atoms with van der Waals surface area (Å²) in [4.78, 5) is 7.06. The van der Waals surface area contributed by atoms with Crippen LogP contribution in [0.4, 0.5) is 0 Å². The number of hydrogen-bond donors (Lipinski definition) is 1. The Balaban J connectivity index is 1.65. The molecular formula is C16H28N4. The van der Waals surface area contributed by atoms with Gasteiger partial charge in [0.2, 0.25) is 0 Å². The zero-order chi connectivity index (χ0) is 14.2. The second-order valence-corrected chi connectivity index (χ2v) is 6.84. The zero-order valence-electron chi connectivity index (χ0n) is 13.1. The highest BCUT2D eigenvalue weighted by molar-refractivity contribution is 5.00. The van der Waals surface area contributed by atoms with Gasteiger partial charge in [0.25, 0.3) is 0 Å². The number of nitrogens with one attached hydrogen (secondary N) is 1. The molecule has 2 atom stereocenters. The molecule has 3 rings (SSSR count). The highest BCUT2D eigenvalue weighted by Gasteiger charge is 2.41. The maximum atomic E-state index is 4.32. The van der Waals surface area contributed by atoms with Crippen molar-refractivity contribution in [2.75, 3.05) is 19.6 Å². The molecule has 1 aliphatic heterocycles. The first-order chi connectivity index (χ1) is 9.61. The van der Waals surface area contributed by atoms with Gasteiger partial charge in [-0.1, -0.05) is 6.92 Å². The topological polar surface area (TPSA) is 33.1 Å². The second-order valence-electron chi connectivity index (χ2n) is 6.84. The van der Waals surface area contributed by atoms with E-state index in [1.807, 2.05) is 6.20 Å². The standard InChI is InChI=1S/C16H28N4/c1-4-16(3)12-20(15(11-18-16)14-5-6-14)10-9-19-8-7-17-13(19)2/h7-8,14-15,18H,4-6,9-12H2,1-3H3. The third kappa shape index (κ3) is 2.91. The third-order valence-corrected chi connectivity index (χ3v) is 5.26. The summed E-state index contributed by atoms with van der Waals surface area (Å²) in [5.41, 5.74) is 0.287. The summed E-state index contributed by atoms with van der Waals surface area (Å²) >= 11 is 0. The van der Waals surface area contributed by atoms with Crippen molar-refractivity contribution in [1.29, 1.82) is 0 Å². The molecule has 1 aromatic rings. The number of nitrogens with zero attached hydrogens (tertiary/aromatic N) is 3. The summed E-state index contributed by atoms with van der Waals surface area (Å²) in [6.07, 6.45) is 8.06. The fourth-order valence-electron chi connectivity index (χ4n) is 3.41. The summed E-state index contributed by atoms with van der Waals surface area (Å²) in [7, 11) is 0. The van der Waals surface area contributed by atoms with Gasteiger partial charge in [0, 0.05) is 50.2 Å². The van der Waals surface area contributed by atoms with E-state index in [1.54, 1.807) is 0 Å². The lowest BCUT2D eigenvalue weighted by Gasteiger charge is -2.46. The molecule has 1 aromatic heterocycles. The number of imidazole rings is 1. The van der Waals surface area contributed by atoms with Crippen molar-refractivity contribution in [2.24, 2.45) is 5.92 Å². The Morgan fingerprint density at radius 3 is 2.80 bits per heavy atom. The monoisotopic (exact) mass is 276 g/mol. The van der Waals surface area contributed by atoms with E-state index < -0.39 is 0 Å². The van der Waals surface area contributed by atoms with Gasteiger partial charge in [0.05, 0.1) is 0 Å². The van der Waals surface area contributed by atoms with Crippen LogP contribution in [0.25, 0.3) is 0 Å². The van der Waals surface area contributed by atoms with E-state index >= 15 is 0 Å². The van der Waals surface area contributed by atoms with Crippen LogP contribution in [-0.4, -0.2) is 45.7 Å². The SMILES string of the molecule is CCC1(C)CN(CCn2ccnc2C)C(C2CC2)CN1. The summed E-state index contributed by atoms with van der Waals surface area (Å²) in [6, 6.07) is 0.749. The molecule has 4 nitrogen and oxygen atoms in total. The van der Waals surface area contributed by atoms with Gasteiger partial charge in [0.1, 0.15) is 5.82 Å². The molecular weight excluding hydrogens is 248 g/mol. The zero-order valence-corrected chi connectivity index (χ0v) is 13.1. The molecule has 20 heavy (non-hydrogen) atoms. The molecule has 0 amide bonds. The Kier molecular flexibility index (Phi) is 3.87. The maximum absolute atomic E-state index is 4.32. The van der Waals surface area contributed by atoms with Crippen LogP contribution >= 0.6 is 0 Å². The van der Waals surface area contributed by atoms with Crippen molar-refractivity contribution >= 4 is 0 Å². The van der Waals surface area contributed by atoms with E-state index in [4.69, 9.17) is 0 Å². The van der Waals surface area contributed by atoms with Crippen molar-refractivity contribution in [3.8, 4) is 0 Å². The number of rotatable bonds is 5. The molecule has 2 fully saturated rings. The van der Waals surface area contributed by atoms with Gasteiger partial charge in [-0.3, -0.25) is 4.90 Å². The van der Waals surface area contributed by atoms with Crippen LogP contribution in [0.3, 0.4) is 0 Å². The van der Waals surface area contributed by atoms with Crippen molar-refractivity contribution in [2.45, 2.75) is 58.2 Å². The van der Waals surface area contributed by atoms with Crippen molar-refractivity contribution < 1.29 is 0 Å². The minimum Gasteiger partial charge on any atom is -0.334 e. The Morgan fingerprint density at radius 2 is 2.20 bits per heavy atom. The molecule has 1 saturated heterocycles. The molecule has 2 aliphatic rings. The van der Waals surface area contributed by atoms with E-state index in [0.29, 0.717) is 0 Å². The van der Waals surface area contributed by atoms with Gasteiger partial charge < -0.3 is 9.88 Å². The molecule has 112 valence electrons. The molecule has 1 aliphatic carbocycles. The predicted octanol–water partition coefficient (Wildman–Crippen LogP) is 2.04. The average Bonchev–Trinajstić information content (AvgIpc) is 3.20. The smallest absolute Gasteiger partial charge is 0.105 e. The van der Waals surface area contributed by atoms with E-state index in [9.17, 15) is 0 Å². The number of hydrogen-bond acceptors (Lipinski definition) is 3. The van der Waals surface area contributed by atoms with Crippen LogP contribution in [0.1, 0.15) is 38.9 Å². The Labute approximate surface area is 122 Å². The van der Waals surface area contributed by atoms with Gasteiger partial charge in [-0.25, -0.2) is 4.98 Å². The molecule has 0 bridgehead atoms. The van der Waals surface area contributed by atoms with Crippen molar-refractivity contribution in [3.05, 3.63) is 18.2 Å². The quantitative estimate of drug-likeness (QED) is 0.893. The van der Waals surface area contributed by atoms with Crippen LogP contribution in [0.15, 0.2) is 12.4 Å². The summed E-state index contributed by atoms with van der Waals surface area (Å²) in [6.45, 7) is 11.3. The fraction of sp³-hybridized carbons (Fsp3) is 0.812. The fourth-order valence-corrected chi connectivity index (χ4v) is 3.41. The van der Waals surface area contributed by atoms with E-state index in [-0.39, 0.29) is 5.54 Å². The summed E-state index contributed by atoms with van der Waals surface area (Å²) < 4.78 is 2.27. The predicted molar refractivity (Wildman–Crippen MR) is 81.7 cm³/mol.